The quantitative estimate of drug-likeness (QED) is 0.820. The molecular formula is C14H21N3S. The highest BCUT2D eigenvalue weighted by Crippen LogP contribution is 2.32. The summed E-state index contributed by atoms with van der Waals surface area (Å²) >= 11 is 5.38. The van der Waals surface area contributed by atoms with Crippen LogP contribution in [0.25, 0.3) is 0 Å². The van der Waals surface area contributed by atoms with Crippen molar-refractivity contribution in [2.75, 3.05) is 5.32 Å². The van der Waals surface area contributed by atoms with Crippen LogP contribution in [-0.2, 0) is 0 Å². The zero-order valence-electron chi connectivity index (χ0n) is 11.1. The molecule has 2 N–H and O–H groups in total. The van der Waals surface area contributed by atoms with Gasteiger partial charge in [-0.15, -0.1) is 0 Å². The van der Waals surface area contributed by atoms with Gasteiger partial charge in [-0.05, 0) is 50.0 Å². The van der Waals surface area contributed by atoms with E-state index in [2.05, 4.69) is 22.5 Å². The highest BCUT2D eigenvalue weighted by molar-refractivity contribution is 7.80. The summed E-state index contributed by atoms with van der Waals surface area (Å²) in [4.78, 5) is 4.30. The molecule has 3 nitrogen and oxygen atoms in total. The van der Waals surface area contributed by atoms with Crippen molar-refractivity contribution in [1.29, 1.82) is 0 Å². The zero-order valence-corrected chi connectivity index (χ0v) is 11.9. The van der Waals surface area contributed by atoms with E-state index in [9.17, 15) is 0 Å². The zero-order chi connectivity index (χ0) is 13.0. The van der Waals surface area contributed by atoms with Gasteiger partial charge in [0.15, 0.2) is 5.11 Å². The molecule has 0 atom stereocenters. The molecule has 1 heterocycles. The molecule has 0 amide bonds. The fourth-order valence-electron chi connectivity index (χ4n) is 2.55. The van der Waals surface area contributed by atoms with Gasteiger partial charge in [0.25, 0.3) is 0 Å². The molecule has 1 aliphatic carbocycles. The highest BCUT2D eigenvalue weighted by Gasteiger charge is 2.32. The molecule has 0 unspecified atom stereocenters. The van der Waals surface area contributed by atoms with Gasteiger partial charge in [0.2, 0.25) is 0 Å². The number of hydrogen-bond acceptors (Lipinski definition) is 2. The summed E-state index contributed by atoms with van der Waals surface area (Å²) in [6, 6.07) is 3.99. The van der Waals surface area contributed by atoms with Gasteiger partial charge < -0.3 is 10.6 Å². The molecule has 0 radical (unpaired) electrons. The lowest BCUT2D eigenvalue weighted by atomic mass is 9.95. The maximum absolute atomic E-state index is 5.38. The molecule has 1 aliphatic rings. The molecule has 0 spiro atoms. The Bertz CT molecular complexity index is 408. The Hall–Kier alpha value is -1.16. The maximum atomic E-state index is 5.38. The summed E-state index contributed by atoms with van der Waals surface area (Å²) in [6.45, 7) is 4.25. The Morgan fingerprint density at radius 3 is 2.67 bits per heavy atom. The van der Waals surface area contributed by atoms with Gasteiger partial charge in [0, 0.05) is 11.7 Å². The molecule has 18 heavy (non-hydrogen) atoms. The van der Waals surface area contributed by atoms with Crippen molar-refractivity contribution in [3.63, 3.8) is 0 Å². The average Bonchev–Trinajstić information content (AvgIpc) is 2.81. The molecule has 0 aliphatic heterocycles. The normalized spacial score (nSPS) is 17.4. The van der Waals surface area contributed by atoms with E-state index in [1.165, 1.54) is 25.7 Å². The minimum Gasteiger partial charge on any atom is -0.357 e. The van der Waals surface area contributed by atoms with Gasteiger partial charge in [0.1, 0.15) is 5.82 Å². The number of hydrogen-bond donors (Lipinski definition) is 2. The van der Waals surface area contributed by atoms with Crippen LogP contribution >= 0.6 is 12.2 Å². The van der Waals surface area contributed by atoms with Crippen molar-refractivity contribution >= 4 is 23.1 Å². The van der Waals surface area contributed by atoms with Crippen LogP contribution in [0.15, 0.2) is 18.3 Å². The average molecular weight is 263 g/mol. The van der Waals surface area contributed by atoms with E-state index in [1.54, 1.807) is 0 Å². The first kappa shape index (κ1) is 13.3. The first-order valence-corrected chi connectivity index (χ1v) is 7.06. The standard InChI is InChI=1S/C14H21N3S/c1-3-14(8-4-5-9-14)17-13(18)16-12-7-6-11(2)10-15-12/h6-7,10H,3-5,8-9H2,1-2H3,(H2,15,16,17,18). The maximum Gasteiger partial charge on any atom is 0.172 e. The van der Waals surface area contributed by atoms with Crippen LogP contribution in [0.2, 0.25) is 0 Å². The van der Waals surface area contributed by atoms with Crippen molar-refractivity contribution in [2.45, 2.75) is 51.5 Å². The summed E-state index contributed by atoms with van der Waals surface area (Å²) in [5.41, 5.74) is 1.36. The molecule has 0 aromatic carbocycles. The van der Waals surface area contributed by atoms with Crippen molar-refractivity contribution in [2.24, 2.45) is 0 Å². The van der Waals surface area contributed by atoms with Crippen molar-refractivity contribution in [1.82, 2.24) is 10.3 Å². The van der Waals surface area contributed by atoms with Crippen LogP contribution in [0.3, 0.4) is 0 Å². The number of anilines is 1. The highest BCUT2D eigenvalue weighted by atomic mass is 32.1. The van der Waals surface area contributed by atoms with Crippen molar-refractivity contribution in [3.05, 3.63) is 23.9 Å². The van der Waals surface area contributed by atoms with Crippen LogP contribution in [0.4, 0.5) is 5.82 Å². The van der Waals surface area contributed by atoms with Crippen LogP contribution in [0.5, 0.6) is 0 Å². The monoisotopic (exact) mass is 263 g/mol. The van der Waals surface area contributed by atoms with E-state index in [0.717, 1.165) is 17.8 Å². The Morgan fingerprint density at radius 1 is 1.39 bits per heavy atom. The van der Waals surface area contributed by atoms with Crippen LogP contribution in [0, 0.1) is 6.92 Å². The summed E-state index contributed by atoms with van der Waals surface area (Å²) in [6.07, 6.45) is 7.99. The molecule has 1 aromatic rings. The van der Waals surface area contributed by atoms with E-state index in [1.807, 2.05) is 25.3 Å². The molecule has 1 aromatic heterocycles. The fraction of sp³-hybridized carbons (Fsp3) is 0.571. The Balaban J connectivity index is 1.94. The third kappa shape index (κ3) is 3.19. The van der Waals surface area contributed by atoms with E-state index in [4.69, 9.17) is 12.2 Å². The predicted octanol–water partition coefficient (Wildman–Crippen LogP) is 3.40. The van der Waals surface area contributed by atoms with Crippen LogP contribution in [-0.4, -0.2) is 15.6 Å². The third-order valence-electron chi connectivity index (χ3n) is 3.77. The number of rotatable bonds is 3. The van der Waals surface area contributed by atoms with Gasteiger partial charge in [-0.3, -0.25) is 0 Å². The van der Waals surface area contributed by atoms with Gasteiger partial charge in [-0.2, -0.15) is 0 Å². The van der Waals surface area contributed by atoms with E-state index in [0.29, 0.717) is 5.11 Å². The van der Waals surface area contributed by atoms with Gasteiger partial charge in [-0.1, -0.05) is 25.8 Å². The molecular weight excluding hydrogens is 242 g/mol. The summed E-state index contributed by atoms with van der Waals surface area (Å²) in [5.74, 6) is 0.808. The minimum atomic E-state index is 0.203. The Morgan fingerprint density at radius 2 is 2.11 bits per heavy atom. The largest absolute Gasteiger partial charge is 0.357 e. The lowest BCUT2D eigenvalue weighted by Crippen LogP contribution is -2.47. The second-order valence-corrected chi connectivity index (χ2v) is 5.55. The number of nitrogens with one attached hydrogen (secondary N) is 2. The first-order chi connectivity index (χ1) is 8.63. The topological polar surface area (TPSA) is 37.0 Å². The van der Waals surface area contributed by atoms with E-state index >= 15 is 0 Å². The van der Waals surface area contributed by atoms with Gasteiger partial charge in [-0.25, -0.2) is 4.98 Å². The summed E-state index contributed by atoms with van der Waals surface area (Å²) in [7, 11) is 0. The smallest absolute Gasteiger partial charge is 0.172 e. The number of aryl methyl sites for hydroxylation is 1. The van der Waals surface area contributed by atoms with Crippen LogP contribution < -0.4 is 10.6 Å². The van der Waals surface area contributed by atoms with Crippen molar-refractivity contribution in [3.8, 4) is 0 Å². The molecule has 2 rings (SSSR count). The number of nitrogens with zero attached hydrogens (tertiary/aromatic N) is 1. The van der Waals surface area contributed by atoms with E-state index in [-0.39, 0.29) is 5.54 Å². The fourth-order valence-corrected chi connectivity index (χ4v) is 2.87. The Labute approximate surface area is 114 Å². The molecule has 0 saturated heterocycles. The molecule has 1 saturated carbocycles. The lowest BCUT2D eigenvalue weighted by molar-refractivity contribution is 0.378. The van der Waals surface area contributed by atoms with Crippen LogP contribution in [0.1, 0.15) is 44.6 Å². The number of aromatic nitrogens is 1. The summed E-state index contributed by atoms with van der Waals surface area (Å²) in [5, 5.41) is 7.34. The predicted molar refractivity (Wildman–Crippen MR) is 79.8 cm³/mol. The van der Waals surface area contributed by atoms with Gasteiger partial charge >= 0.3 is 0 Å². The minimum absolute atomic E-state index is 0.203. The van der Waals surface area contributed by atoms with Crippen molar-refractivity contribution < 1.29 is 0 Å². The molecule has 4 heteroatoms. The third-order valence-corrected chi connectivity index (χ3v) is 3.97. The Kier molecular flexibility index (Phi) is 4.17. The summed E-state index contributed by atoms with van der Waals surface area (Å²) < 4.78 is 0. The SMILES string of the molecule is CCC1(NC(=S)Nc2ccc(C)cn2)CCCC1. The molecule has 98 valence electrons. The van der Waals surface area contributed by atoms with E-state index < -0.39 is 0 Å². The number of thiocarbonyl (C=S) groups is 1. The first-order valence-electron chi connectivity index (χ1n) is 6.65. The lowest BCUT2D eigenvalue weighted by Gasteiger charge is -2.30. The molecule has 0 bridgehead atoms. The van der Waals surface area contributed by atoms with Gasteiger partial charge in [0.05, 0.1) is 0 Å². The number of pyridine rings is 1. The second-order valence-electron chi connectivity index (χ2n) is 5.14. The second kappa shape index (κ2) is 5.65. The molecule has 1 fully saturated rings.